The Balaban J connectivity index is 0.00000221. The summed E-state index contributed by atoms with van der Waals surface area (Å²) >= 11 is 0. The van der Waals surface area contributed by atoms with Gasteiger partial charge in [0.1, 0.15) is 5.60 Å². The molecule has 48 heavy (non-hydrogen) atoms. The van der Waals surface area contributed by atoms with Crippen LogP contribution in [0.4, 0.5) is 0 Å². The molecule has 0 amide bonds. The van der Waals surface area contributed by atoms with Crippen molar-refractivity contribution in [2.45, 2.75) is 140 Å². The molecule has 264 valence electrons. The highest BCUT2D eigenvalue weighted by Crippen LogP contribution is 2.77. The number of rotatable bonds is 5. The predicted molar refractivity (Wildman–Crippen MR) is 200 cm³/mol. The number of fused-ring (bicyclic) bond motifs is 7. The Morgan fingerprint density at radius 1 is 0.896 bits per heavy atom. The molecule has 1 aromatic rings. The average Bonchev–Trinajstić information content (AvgIpc) is 3.41. The van der Waals surface area contributed by atoms with Crippen molar-refractivity contribution in [3.8, 4) is 0 Å². The number of allylic oxidation sites excluding steroid dienone is 4. The minimum atomic E-state index is -0.505. The van der Waals surface area contributed by atoms with E-state index in [-0.39, 0.29) is 33.0 Å². The normalized spacial score (nSPS) is 39.8. The molecule has 0 saturated heterocycles. The van der Waals surface area contributed by atoms with Crippen LogP contribution in [-0.2, 0) is 4.74 Å². The summed E-state index contributed by atoms with van der Waals surface area (Å²) in [6, 6.07) is 8.16. The standard InChI is InChI=1S/C42H59NO3.C2H6/c1-27(2)30-17-22-42(25-26-43-45)24-23-40(9)32(35(30)42)15-16-34-39(8)20-18-31(38(6,7)33(39)19-21-41(34,40)10)28-11-13-29(14-12-28)36(44)46-37(3,4)5;1-2/h11-14,18,25-26,30,32-35H,1,15-17,19-24H2,2-10H3;1-2H3/b26-25+;/t30-,32?,33?,34?,35?,39?,40+,41?,42?;/m0./s1. The zero-order valence-electron chi connectivity index (χ0n) is 32.2. The van der Waals surface area contributed by atoms with Crippen molar-refractivity contribution in [3.05, 3.63) is 70.8 Å². The molecule has 0 spiro atoms. The number of ether oxygens (including phenoxy) is 1. The van der Waals surface area contributed by atoms with Crippen LogP contribution in [0.1, 0.15) is 150 Å². The van der Waals surface area contributed by atoms with E-state index in [2.05, 4.69) is 77.6 Å². The number of hydrogen-bond donors (Lipinski definition) is 0. The highest BCUT2D eigenvalue weighted by Gasteiger charge is 2.70. The van der Waals surface area contributed by atoms with E-state index in [1.165, 1.54) is 55.2 Å². The fourth-order valence-corrected chi connectivity index (χ4v) is 12.9. The Morgan fingerprint density at radius 3 is 2.17 bits per heavy atom. The summed E-state index contributed by atoms with van der Waals surface area (Å²) in [5, 5.41) is 3.20. The molecule has 7 unspecified atom stereocenters. The molecule has 0 aromatic heterocycles. The van der Waals surface area contributed by atoms with Crippen LogP contribution >= 0.6 is 0 Å². The lowest BCUT2D eigenvalue weighted by atomic mass is 9.32. The molecule has 4 saturated carbocycles. The van der Waals surface area contributed by atoms with Gasteiger partial charge in [0.2, 0.25) is 0 Å². The second-order valence-electron chi connectivity index (χ2n) is 18.5. The van der Waals surface area contributed by atoms with Gasteiger partial charge in [0.05, 0.1) is 11.8 Å². The molecule has 5 aliphatic rings. The average molecular weight is 656 g/mol. The van der Waals surface area contributed by atoms with Crippen LogP contribution in [0, 0.1) is 61.6 Å². The maximum atomic E-state index is 12.7. The fraction of sp³-hybridized carbons (Fsp3) is 0.705. The number of nitroso groups, excluding NO2 is 1. The van der Waals surface area contributed by atoms with Gasteiger partial charge >= 0.3 is 5.97 Å². The molecule has 4 heteroatoms. The number of nitrogens with zero attached hydrogens (tertiary/aromatic N) is 1. The van der Waals surface area contributed by atoms with E-state index in [1.54, 1.807) is 6.20 Å². The monoisotopic (exact) mass is 655 g/mol. The molecule has 4 nitrogen and oxygen atoms in total. The largest absolute Gasteiger partial charge is 0.456 e. The van der Waals surface area contributed by atoms with Crippen LogP contribution < -0.4 is 0 Å². The van der Waals surface area contributed by atoms with Crippen molar-refractivity contribution >= 4 is 11.5 Å². The maximum absolute atomic E-state index is 12.7. The van der Waals surface area contributed by atoms with Gasteiger partial charge < -0.3 is 4.74 Å². The van der Waals surface area contributed by atoms with Crippen LogP contribution in [0.15, 0.2) is 59.9 Å². The van der Waals surface area contributed by atoms with E-state index in [1.807, 2.05) is 46.8 Å². The van der Waals surface area contributed by atoms with Gasteiger partial charge in [0.25, 0.3) is 0 Å². The third-order valence-electron chi connectivity index (χ3n) is 15.0. The van der Waals surface area contributed by atoms with Crippen LogP contribution in [0.3, 0.4) is 0 Å². The van der Waals surface area contributed by atoms with Crippen molar-refractivity contribution in [3.63, 3.8) is 0 Å². The lowest BCUT2D eigenvalue weighted by Crippen LogP contribution is -2.65. The van der Waals surface area contributed by atoms with Gasteiger partial charge in [-0.1, -0.05) is 84.9 Å². The first kappa shape index (κ1) is 36.8. The van der Waals surface area contributed by atoms with Gasteiger partial charge in [-0.15, -0.1) is 4.91 Å². The van der Waals surface area contributed by atoms with E-state index in [4.69, 9.17) is 4.74 Å². The van der Waals surface area contributed by atoms with Crippen molar-refractivity contribution in [1.82, 2.24) is 0 Å². The van der Waals surface area contributed by atoms with Crippen molar-refractivity contribution < 1.29 is 9.53 Å². The molecule has 0 heterocycles. The zero-order valence-corrected chi connectivity index (χ0v) is 32.2. The van der Waals surface area contributed by atoms with Crippen molar-refractivity contribution in [2.75, 3.05) is 0 Å². The van der Waals surface area contributed by atoms with Crippen LogP contribution in [0.2, 0.25) is 0 Å². The first-order valence-electron chi connectivity index (χ1n) is 19.1. The minimum Gasteiger partial charge on any atom is -0.456 e. The highest BCUT2D eigenvalue weighted by molar-refractivity contribution is 5.90. The summed E-state index contributed by atoms with van der Waals surface area (Å²) in [5.41, 5.74) is 5.01. The quantitative estimate of drug-likeness (QED) is 0.180. The molecule has 0 N–H and O–H groups in total. The third kappa shape index (κ3) is 5.60. The summed E-state index contributed by atoms with van der Waals surface area (Å²) in [4.78, 5) is 24.0. The summed E-state index contributed by atoms with van der Waals surface area (Å²) in [6.07, 6.45) is 17.3. The number of carbonyl (C=O) groups excluding carboxylic acids is 1. The van der Waals surface area contributed by atoms with E-state index < -0.39 is 5.60 Å². The topological polar surface area (TPSA) is 55.7 Å². The fourth-order valence-electron chi connectivity index (χ4n) is 12.9. The minimum absolute atomic E-state index is 0.0321. The first-order valence-corrected chi connectivity index (χ1v) is 19.1. The molecule has 0 radical (unpaired) electrons. The molecule has 5 aliphatic carbocycles. The molecule has 0 bridgehead atoms. The second-order valence-corrected chi connectivity index (χ2v) is 18.5. The summed E-state index contributed by atoms with van der Waals surface area (Å²) in [7, 11) is 0. The lowest BCUT2D eigenvalue weighted by molar-refractivity contribution is -0.221. The van der Waals surface area contributed by atoms with E-state index in [0.717, 1.165) is 19.3 Å². The van der Waals surface area contributed by atoms with E-state index in [9.17, 15) is 9.70 Å². The molecule has 4 fully saturated rings. The summed E-state index contributed by atoms with van der Waals surface area (Å²) < 4.78 is 5.62. The molecule has 1 aromatic carbocycles. The van der Waals surface area contributed by atoms with Crippen molar-refractivity contribution in [1.29, 1.82) is 0 Å². The Morgan fingerprint density at radius 2 is 1.56 bits per heavy atom. The zero-order chi connectivity index (χ0) is 35.5. The van der Waals surface area contributed by atoms with Crippen LogP contribution in [0.25, 0.3) is 5.57 Å². The van der Waals surface area contributed by atoms with Crippen molar-refractivity contribution in [2.24, 2.45) is 61.8 Å². The Hall–Kier alpha value is -2.49. The van der Waals surface area contributed by atoms with Gasteiger partial charge in [-0.05, 0) is 171 Å². The smallest absolute Gasteiger partial charge is 0.338 e. The van der Waals surface area contributed by atoms with Crippen LogP contribution in [0.5, 0.6) is 0 Å². The summed E-state index contributed by atoms with van der Waals surface area (Å²) in [5.74, 6) is 2.76. The van der Waals surface area contributed by atoms with E-state index in [0.29, 0.717) is 35.2 Å². The highest BCUT2D eigenvalue weighted by atomic mass is 16.6. The third-order valence-corrected chi connectivity index (χ3v) is 15.0. The summed E-state index contributed by atoms with van der Waals surface area (Å²) in [6.45, 7) is 29.4. The predicted octanol–water partition coefficient (Wildman–Crippen LogP) is 12.6. The van der Waals surface area contributed by atoms with Gasteiger partial charge in [-0.3, -0.25) is 0 Å². The number of hydrogen-bond acceptors (Lipinski definition) is 4. The Kier molecular flexibility index (Phi) is 9.72. The van der Waals surface area contributed by atoms with Gasteiger partial charge in [-0.2, -0.15) is 0 Å². The van der Waals surface area contributed by atoms with Gasteiger partial charge in [0.15, 0.2) is 0 Å². The van der Waals surface area contributed by atoms with Gasteiger partial charge in [-0.25, -0.2) is 4.79 Å². The molecular weight excluding hydrogens is 590 g/mol. The second kappa shape index (κ2) is 12.7. The maximum Gasteiger partial charge on any atom is 0.338 e. The first-order chi connectivity index (χ1) is 22.4. The SMILES string of the molecule is C=C(C)[C@@H]1CCC2(/C=C/N=O)CC[C@]3(C)C(CCC4C5(C)CC=C(c6ccc(C(=O)OC(C)(C)C)cc6)C(C)(C)C5CCC43C)C12.CC. The molecular formula is C44H65NO3. The van der Waals surface area contributed by atoms with E-state index >= 15 is 0 Å². The van der Waals surface area contributed by atoms with Gasteiger partial charge in [0, 0.05) is 0 Å². The Labute approximate surface area is 292 Å². The molecule has 6 rings (SSSR count). The lowest BCUT2D eigenvalue weighted by Gasteiger charge is -2.72. The number of carbonyl (C=O) groups is 1. The number of esters is 1. The Bertz CT molecular complexity index is 1460. The molecule has 9 atom stereocenters. The molecule has 0 aliphatic heterocycles. The number of benzene rings is 1. The van der Waals surface area contributed by atoms with Crippen LogP contribution in [-0.4, -0.2) is 11.6 Å².